The molecule has 1 aliphatic rings. The molecule has 35 heavy (non-hydrogen) atoms. The van der Waals surface area contributed by atoms with Gasteiger partial charge in [-0.15, -0.1) is 0 Å². The number of carboxylic acid groups (broad SMARTS) is 1. The number of aromatic nitrogens is 2. The van der Waals surface area contributed by atoms with Gasteiger partial charge in [0.05, 0.1) is 23.2 Å². The topological polar surface area (TPSA) is 90.7 Å². The van der Waals surface area contributed by atoms with Crippen molar-refractivity contribution in [1.29, 1.82) is 0 Å². The van der Waals surface area contributed by atoms with Gasteiger partial charge in [-0.05, 0) is 74.7 Å². The van der Waals surface area contributed by atoms with Crippen LogP contribution in [0.4, 0.5) is 0 Å². The molecule has 0 spiro atoms. The monoisotopic (exact) mass is 472 g/mol. The van der Waals surface area contributed by atoms with E-state index in [0.29, 0.717) is 23.3 Å². The van der Waals surface area contributed by atoms with E-state index in [2.05, 4.69) is 0 Å². The van der Waals surface area contributed by atoms with Crippen molar-refractivity contribution in [2.45, 2.75) is 45.8 Å². The highest BCUT2D eigenvalue weighted by atomic mass is 16.5. The Morgan fingerprint density at radius 3 is 2.69 bits per heavy atom. The molecule has 2 aromatic heterocycles. The third-order valence-corrected chi connectivity index (χ3v) is 6.47. The Balaban J connectivity index is 1.95. The van der Waals surface area contributed by atoms with Crippen molar-refractivity contribution in [3.8, 4) is 16.9 Å². The van der Waals surface area contributed by atoms with Crippen molar-refractivity contribution in [2.75, 3.05) is 6.61 Å². The SMILES string of the molecule is Cc1cc2c(ccc(=O)n2C)c(-c2ccc3c4c(ccnc24)CCO3)c1[C@H](OC(C)(C)C)C(=O)O. The van der Waals surface area contributed by atoms with Crippen LogP contribution in [0, 0.1) is 6.92 Å². The number of hydrogen-bond acceptors (Lipinski definition) is 5. The molecule has 0 saturated carbocycles. The molecule has 0 radical (unpaired) electrons. The van der Waals surface area contributed by atoms with Gasteiger partial charge in [-0.25, -0.2) is 4.79 Å². The molecule has 2 aromatic carbocycles. The number of benzene rings is 2. The number of rotatable bonds is 4. The van der Waals surface area contributed by atoms with Crippen molar-refractivity contribution in [2.24, 2.45) is 7.05 Å². The zero-order chi connectivity index (χ0) is 25.1. The van der Waals surface area contributed by atoms with Crippen LogP contribution in [0.1, 0.15) is 43.6 Å². The van der Waals surface area contributed by atoms with Crippen molar-refractivity contribution in [1.82, 2.24) is 9.55 Å². The van der Waals surface area contributed by atoms with Crippen molar-refractivity contribution in [3.63, 3.8) is 0 Å². The van der Waals surface area contributed by atoms with Gasteiger partial charge >= 0.3 is 5.97 Å². The number of carboxylic acids is 1. The van der Waals surface area contributed by atoms with Crippen LogP contribution in [-0.2, 0) is 23.0 Å². The third kappa shape index (κ3) is 3.86. The first-order valence-electron chi connectivity index (χ1n) is 11.6. The molecule has 3 heterocycles. The first-order chi connectivity index (χ1) is 16.6. The Bertz CT molecular complexity index is 1550. The van der Waals surface area contributed by atoms with E-state index < -0.39 is 17.7 Å². The normalized spacial score (nSPS) is 14.2. The molecule has 1 atom stereocenters. The molecule has 0 aliphatic carbocycles. The molecule has 0 amide bonds. The van der Waals surface area contributed by atoms with E-state index in [1.165, 1.54) is 6.07 Å². The standard InChI is InChI=1S/C28H28N2O5/c1-15-14-19-17(7-9-21(31)30(19)5)24(22(15)26(27(32)33)35-28(2,3)4)18-6-8-20-23-16(11-13-34-20)10-12-29-25(18)23/h6-10,12,14,26H,11,13H2,1-5H3,(H,32,33)/t26-/m0/s1. The summed E-state index contributed by atoms with van der Waals surface area (Å²) in [5.41, 5.74) is 4.52. The molecule has 7 heteroatoms. The second-order valence-corrected chi connectivity index (χ2v) is 10.00. The Morgan fingerprint density at radius 2 is 1.97 bits per heavy atom. The van der Waals surface area contributed by atoms with Gasteiger partial charge in [-0.2, -0.15) is 0 Å². The quantitative estimate of drug-likeness (QED) is 0.453. The summed E-state index contributed by atoms with van der Waals surface area (Å²) in [7, 11) is 1.72. The molecule has 7 nitrogen and oxygen atoms in total. The summed E-state index contributed by atoms with van der Waals surface area (Å²) in [5.74, 6) is -0.308. The molecule has 0 fully saturated rings. The van der Waals surface area contributed by atoms with E-state index in [4.69, 9.17) is 14.5 Å². The van der Waals surface area contributed by atoms with Gasteiger partial charge in [0.1, 0.15) is 5.75 Å². The van der Waals surface area contributed by atoms with Crippen LogP contribution in [0.3, 0.4) is 0 Å². The fourth-order valence-electron chi connectivity index (χ4n) is 4.98. The molecule has 0 unspecified atom stereocenters. The predicted molar refractivity (Wildman–Crippen MR) is 135 cm³/mol. The lowest BCUT2D eigenvalue weighted by Crippen LogP contribution is -2.28. The molecular weight excluding hydrogens is 444 g/mol. The van der Waals surface area contributed by atoms with Crippen molar-refractivity contribution < 1.29 is 19.4 Å². The Hall–Kier alpha value is -3.71. The van der Waals surface area contributed by atoms with Gasteiger partial charge in [-0.1, -0.05) is 0 Å². The first kappa shape index (κ1) is 23.1. The summed E-state index contributed by atoms with van der Waals surface area (Å²) in [6.45, 7) is 7.98. The highest BCUT2D eigenvalue weighted by molar-refractivity contribution is 6.08. The maximum Gasteiger partial charge on any atom is 0.337 e. The van der Waals surface area contributed by atoms with Gasteiger partial charge in [0.15, 0.2) is 6.10 Å². The second-order valence-electron chi connectivity index (χ2n) is 10.00. The van der Waals surface area contributed by atoms with E-state index in [-0.39, 0.29) is 5.56 Å². The molecule has 4 aromatic rings. The fourth-order valence-corrected chi connectivity index (χ4v) is 4.98. The summed E-state index contributed by atoms with van der Waals surface area (Å²) in [6, 6.07) is 11.0. The Kier molecular flexibility index (Phi) is 5.40. The third-order valence-electron chi connectivity index (χ3n) is 6.47. The number of aryl methyl sites for hydroxylation is 2. The highest BCUT2D eigenvalue weighted by Crippen LogP contribution is 2.44. The van der Waals surface area contributed by atoms with Gasteiger partial charge in [0.25, 0.3) is 5.56 Å². The zero-order valence-corrected chi connectivity index (χ0v) is 20.5. The molecule has 5 rings (SSSR count). The van der Waals surface area contributed by atoms with Crippen LogP contribution >= 0.6 is 0 Å². The minimum Gasteiger partial charge on any atom is -0.493 e. The fraction of sp³-hybridized carbons (Fsp3) is 0.321. The molecular formula is C28H28N2O5. The van der Waals surface area contributed by atoms with Crippen LogP contribution in [0.2, 0.25) is 0 Å². The number of pyridine rings is 2. The smallest absolute Gasteiger partial charge is 0.337 e. The molecule has 180 valence electrons. The molecule has 1 aliphatic heterocycles. The summed E-state index contributed by atoms with van der Waals surface area (Å²) in [5, 5.41) is 12.0. The lowest BCUT2D eigenvalue weighted by atomic mass is 9.86. The van der Waals surface area contributed by atoms with Gasteiger partial charge < -0.3 is 19.1 Å². The Morgan fingerprint density at radius 1 is 1.20 bits per heavy atom. The average molecular weight is 473 g/mol. The van der Waals surface area contributed by atoms with Crippen molar-refractivity contribution >= 4 is 27.8 Å². The van der Waals surface area contributed by atoms with Crippen LogP contribution in [0.15, 0.2) is 47.4 Å². The number of aliphatic carboxylic acids is 1. The molecule has 1 N–H and O–H groups in total. The second kappa shape index (κ2) is 8.20. The summed E-state index contributed by atoms with van der Waals surface area (Å²) < 4.78 is 13.6. The lowest BCUT2D eigenvalue weighted by Gasteiger charge is -2.29. The van der Waals surface area contributed by atoms with Crippen LogP contribution < -0.4 is 10.3 Å². The molecule has 0 bridgehead atoms. The number of fused-ring (bicyclic) bond motifs is 1. The predicted octanol–water partition coefficient (Wildman–Crippen LogP) is 4.94. The minimum atomic E-state index is -1.21. The average Bonchev–Trinajstić information content (AvgIpc) is 2.80. The first-order valence-corrected chi connectivity index (χ1v) is 11.6. The maximum absolute atomic E-state index is 12.6. The number of nitrogens with zero attached hydrogens (tertiary/aromatic N) is 2. The Labute approximate surface area is 202 Å². The van der Waals surface area contributed by atoms with Crippen LogP contribution in [0.25, 0.3) is 32.9 Å². The lowest BCUT2D eigenvalue weighted by molar-refractivity contribution is -0.160. The summed E-state index contributed by atoms with van der Waals surface area (Å²) in [4.78, 5) is 29.8. The van der Waals surface area contributed by atoms with Crippen molar-refractivity contribution in [3.05, 3.63) is 69.6 Å². The van der Waals surface area contributed by atoms with Gasteiger partial charge in [0, 0.05) is 47.6 Å². The van der Waals surface area contributed by atoms with Gasteiger partial charge in [0.2, 0.25) is 0 Å². The largest absolute Gasteiger partial charge is 0.493 e. The van der Waals surface area contributed by atoms with Crippen LogP contribution in [-0.4, -0.2) is 32.8 Å². The number of ether oxygens (including phenoxy) is 2. The van der Waals surface area contributed by atoms with E-state index in [0.717, 1.165) is 45.1 Å². The summed E-state index contributed by atoms with van der Waals surface area (Å²) >= 11 is 0. The van der Waals surface area contributed by atoms with Gasteiger partial charge in [-0.3, -0.25) is 9.78 Å². The number of hydrogen-bond donors (Lipinski definition) is 1. The number of carbonyl (C=O) groups is 1. The minimum absolute atomic E-state index is 0.139. The van der Waals surface area contributed by atoms with E-state index in [1.807, 2.05) is 52.0 Å². The molecule has 0 saturated heterocycles. The van der Waals surface area contributed by atoms with E-state index >= 15 is 0 Å². The highest BCUT2D eigenvalue weighted by Gasteiger charge is 2.33. The van der Waals surface area contributed by atoms with E-state index in [1.54, 1.807) is 23.9 Å². The van der Waals surface area contributed by atoms with Crippen LogP contribution in [0.5, 0.6) is 5.75 Å². The maximum atomic E-state index is 12.6. The van der Waals surface area contributed by atoms with E-state index in [9.17, 15) is 14.7 Å². The zero-order valence-electron chi connectivity index (χ0n) is 20.5. The summed E-state index contributed by atoms with van der Waals surface area (Å²) in [6.07, 6.45) is 1.34.